The van der Waals surface area contributed by atoms with E-state index in [9.17, 15) is 14.4 Å². The molecule has 12 nitrogen and oxygen atoms in total. The summed E-state index contributed by atoms with van der Waals surface area (Å²) in [6.07, 6.45) is 5.87. The molecule has 2 aromatic heterocycles. The number of anilines is 2. The number of likely N-dealkylation sites (tertiary alicyclic amines) is 1. The Morgan fingerprint density at radius 3 is 2.06 bits per heavy atom. The summed E-state index contributed by atoms with van der Waals surface area (Å²) in [4.78, 5) is 51.3. The third-order valence-corrected chi connectivity index (χ3v) is 9.66. The minimum Gasteiger partial charge on any atom is -0.497 e. The van der Waals surface area contributed by atoms with Crippen molar-refractivity contribution in [1.82, 2.24) is 25.0 Å². The number of aromatic nitrogens is 3. The van der Waals surface area contributed by atoms with E-state index in [1.54, 1.807) is 51.6 Å². The lowest BCUT2D eigenvalue weighted by molar-refractivity contribution is -0.156. The molecule has 3 aromatic carbocycles. The molecule has 3 heterocycles. The number of rotatable bonds is 14. The maximum absolute atomic E-state index is 14.2. The first-order valence-electron chi connectivity index (χ1n) is 17.6. The second-order valence-corrected chi connectivity index (χ2v) is 13.1. The Morgan fingerprint density at radius 2 is 1.51 bits per heavy atom. The molecule has 4 amide bonds. The van der Waals surface area contributed by atoms with Crippen LogP contribution in [0.2, 0.25) is 0 Å². The first-order valence-corrected chi connectivity index (χ1v) is 17.6. The van der Waals surface area contributed by atoms with Gasteiger partial charge in [-0.05, 0) is 71.5 Å². The molecule has 1 fully saturated rings. The first-order chi connectivity index (χ1) is 25.7. The number of likely N-dealkylation sites (N-methyl/N-ethyl adjacent to an activating group) is 1. The number of nitrogens with zero attached hydrogens (tertiary/aromatic N) is 6. The van der Waals surface area contributed by atoms with Crippen molar-refractivity contribution in [2.45, 2.75) is 44.9 Å². The van der Waals surface area contributed by atoms with Crippen LogP contribution in [0, 0.1) is 5.92 Å². The van der Waals surface area contributed by atoms with Crippen LogP contribution in [-0.2, 0) is 36.1 Å². The topological polar surface area (TPSA) is 122 Å². The number of ether oxygens (including phenoxy) is 2. The van der Waals surface area contributed by atoms with Crippen LogP contribution in [0.25, 0.3) is 0 Å². The number of hydrogen-bond donors (Lipinski definition) is 1. The number of hydrogen-bond acceptors (Lipinski definition) is 8. The monoisotopic (exact) mass is 715 g/mol. The van der Waals surface area contributed by atoms with Gasteiger partial charge in [0, 0.05) is 39.6 Å². The van der Waals surface area contributed by atoms with Gasteiger partial charge in [-0.2, -0.15) is 5.10 Å². The average molecular weight is 716 g/mol. The van der Waals surface area contributed by atoms with E-state index >= 15 is 0 Å². The van der Waals surface area contributed by atoms with Crippen LogP contribution in [0.3, 0.4) is 0 Å². The third kappa shape index (κ3) is 8.33. The number of pyridine rings is 1. The predicted octanol–water partition coefficient (Wildman–Crippen LogP) is 5.93. The van der Waals surface area contributed by atoms with Gasteiger partial charge in [-0.1, -0.05) is 61.5 Å². The zero-order valence-electron chi connectivity index (χ0n) is 30.7. The Hall–Kier alpha value is -6.17. The molecule has 0 unspecified atom stereocenters. The van der Waals surface area contributed by atoms with E-state index in [2.05, 4.69) is 15.3 Å². The van der Waals surface area contributed by atoms with Crippen molar-refractivity contribution in [1.29, 1.82) is 0 Å². The molecule has 1 aliphatic rings. The Morgan fingerprint density at radius 1 is 0.887 bits per heavy atom. The predicted molar refractivity (Wildman–Crippen MR) is 203 cm³/mol. The lowest BCUT2D eigenvalue weighted by atomic mass is 9.81. The first kappa shape index (κ1) is 36.6. The molecule has 5 aromatic rings. The Kier molecular flexibility index (Phi) is 11.4. The second-order valence-electron chi connectivity index (χ2n) is 13.1. The van der Waals surface area contributed by atoms with Gasteiger partial charge >= 0.3 is 6.03 Å². The summed E-state index contributed by atoms with van der Waals surface area (Å²) < 4.78 is 12.3. The normalized spacial score (nSPS) is 15.6. The number of urea groups is 1. The van der Waals surface area contributed by atoms with Crippen molar-refractivity contribution in [2.75, 3.05) is 31.1 Å². The number of nitrogens with one attached hydrogen (secondary N) is 1. The second kappa shape index (κ2) is 16.4. The molecule has 1 saturated heterocycles. The molecular weight excluding hydrogens is 670 g/mol. The lowest BCUT2D eigenvalue weighted by Crippen LogP contribution is -2.70. The summed E-state index contributed by atoms with van der Waals surface area (Å²) in [5.41, 5.74) is 4.42. The number of methoxy groups -OCH3 is 2. The van der Waals surface area contributed by atoms with Crippen LogP contribution in [0.4, 0.5) is 16.3 Å². The standard InChI is InChI=1S/C41H45N7O5/c1-6-36(31-10-8-7-9-11-31)44-41(51)48-38(40(50)46(3)32-24-43-45(2)27-32)35(39(48)49)22-30-20-21-42-37(23-30)47(25-28-12-16-33(52-4)17-13-28)26-29-14-18-34(53-5)19-15-29/h7-21,23-24,27,35-36,38H,6,22,25-26H2,1-5H3,(H,44,51)/t35-,36-,38+/m1/s1. The zero-order chi connectivity index (χ0) is 37.5. The fourth-order valence-electron chi connectivity index (χ4n) is 6.62. The van der Waals surface area contributed by atoms with Crippen LogP contribution in [-0.4, -0.2) is 64.8 Å². The van der Waals surface area contributed by atoms with E-state index in [1.807, 2.05) is 97.9 Å². The molecule has 274 valence electrons. The summed E-state index contributed by atoms with van der Waals surface area (Å²) >= 11 is 0. The van der Waals surface area contributed by atoms with Gasteiger partial charge in [-0.3, -0.25) is 19.2 Å². The zero-order valence-corrected chi connectivity index (χ0v) is 30.7. The van der Waals surface area contributed by atoms with Crippen molar-refractivity contribution in [3.63, 3.8) is 0 Å². The van der Waals surface area contributed by atoms with Gasteiger partial charge in [0.1, 0.15) is 23.4 Å². The highest BCUT2D eigenvalue weighted by Gasteiger charge is 2.55. The van der Waals surface area contributed by atoms with E-state index in [0.717, 1.165) is 38.7 Å². The van der Waals surface area contributed by atoms with E-state index in [1.165, 1.54) is 4.90 Å². The number of aryl methyl sites for hydroxylation is 1. The number of β-lactam (4-membered cyclic amide) rings is 1. The Balaban J connectivity index is 1.27. The third-order valence-electron chi connectivity index (χ3n) is 9.66. The smallest absolute Gasteiger partial charge is 0.325 e. The van der Waals surface area contributed by atoms with Gasteiger partial charge in [-0.25, -0.2) is 9.78 Å². The molecule has 0 saturated carbocycles. The quantitative estimate of drug-likeness (QED) is 0.141. The van der Waals surface area contributed by atoms with Crippen LogP contribution in [0.1, 0.15) is 41.6 Å². The van der Waals surface area contributed by atoms with Gasteiger partial charge in [-0.15, -0.1) is 0 Å². The van der Waals surface area contributed by atoms with Crippen molar-refractivity contribution < 1.29 is 23.9 Å². The van der Waals surface area contributed by atoms with Crippen LogP contribution < -0.4 is 24.6 Å². The SMILES string of the molecule is CC[C@@H](NC(=O)N1C(=O)[C@H](Cc2ccnc(N(Cc3ccc(OC)cc3)Cc3ccc(OC)cc3)c2)[C@H]1C(=O)N(C)c1cnn(C)c1)c1ccccc1. The highest BCUT2D eigenvalue weighted by molar-refractivity contribution is 6.12. The molecule has 0 aliphatic carbocycles. The summed E-state index contributed by atoms with van der Waals surface area (Å²) in [6.45, 7) is 3.07. The lowest BCUT2D eigenvalue weighted by Gasteiger charge is -2.46. The van der Waals surface area contributed by atoms with Gasteiger partial charge in [0.15, 0.2) is 0 Å². The maximum atomic E-state index is 14.2. The van der Waals surface area contributed by atoms with Gasteiger partial charge < -0.3 is 24.6 Å². The minimum atomic E-state index is -1.02. The molecular formula is C41H45N7O5. The highest BCUT2D eigenvalue weighted by Crippen LogP contribution is 2.34. The van der Waals surface area contributed by atoms with Crippen LogP contribution in [0.15, 0.2) is 110 Å². The fraction of sp³-hybridized carbons (Fsp3) is 0.293. The Bertz CT molecular complexity index is 1970. The molecule has 53 heavy (non-hydrogen) atoms. The van der Waals surface area contributed by atoms with E-state index in [0.29, 0.717) is 31.0 Å². The molecule has 0 radical (unpaired) electrons. The summed E-state index contributed by atoms with van der Waals surface area (Å²) in [5, 5.41) is 7.20. The summed E-state index contributed by atoms with van der Waals surface area (Å²) in [5.74, 6) is 0.699. The van der Waals surface area contributed by atoms with E-state index < -0.39 is 23.9 Å². The fourth-order valence-corrected chi connectivity index (χ4v) is 6.62. The van der Waals surface area contributed by atoms with Gasteiger partial charge in [0.2, 0.25) is 5.91 Å². The molecule has 1 aliphatic heterocycles. The van der Waals surface area contributed by atoms with Crippen LogP contribution in [0.5, 0.6) is 11.5 Å². The molecule has 12 heteroatoms. The number of benzene rings is 3. The molecule has 0 spiro atoms. The van der Waals surface area contributed by atoms with Crippen LogP contribution >= 0.6 is 0 Å². The van der Waals surface area contributed by atoms with Crippen molar-refractivity contribution in [3.05, 3.63) is 132 Å². The highest BCUT2D eigenvalue weighted by atomic mass is 16.5. The molecule has 6 rings (SSSR count). The largest absolute Gasteiger partial charge is 0.497 e. The summed E-state index contributed by atoms with van der Waals surface area (Å²) in [6, 6.07) is 27.2. The number of imide groups is 1. The molecule has 0 bridgehead atoms. The van der Waals surface area contributed by atoms with Crippen molar-refractivity contribution in [3.8, 4) is 11.5 Å². The van der Waals surface area contributed by atoms with Crippen molar-refractivity contribution in [2.24, 2.45) is 13.0 Å². The molecule has 1 N–H and O–H groups in total. The molecule has 3 atom stereocenters. The Labute approximate surface area is 309 Å². The van der Waals surface area contributed by atoms with Gasteiger partial charge in [0.25, 0.3) is 5.91 Å². The van der Waals surface area contributed by atoms with Gasteiger partial charge in [0.05, 0.1) is 38.1 Å². The average Bonchev–Trinajstić information content (AvgIpc) is 3.64. The van der Waals surface area contributed by atoms with E-state index in [4.69, 9.17) is 14.5 Å². The number of carbonyl (C=O) groups is 3. The maximum Gasteiger partial charge on any atom is 0.325 e. The van der Waals surface area contributed by atoms with Crippen molar-refractivity contribution >= 4 is 29.4 Å². The minimum absolute atomic E-state index is 0.240. The number of carbonyl (C=O) groups excluding carboxylic acids is 3. The summed E-state index contributed by atoms with van der Waals surface area (Å²) in [7, 11) is 6.68. The number of amides is 4. The van der Waals surface area contributed by atoms with E-state index in [-0.39, 0.29) is 18.4 Å².